The van der Waals surface area contributed by atoms with Crippen LogP contribution in [0.3, 0.4) is 0 Å². The Morgan fingerprint density at radius 2 is 1.44 bits per heavy atom. The van der Waals surface area contributed by atoms with Crippen LogP contribution in [0.1, 0.15) is 6.42 Å². The second-order valence-electron chi connectivity index (χ2n) is 1.84. The highest BCUT2D eigenvalue weighted by Gasteiger charge is 2.03. The lowest BCUT2D eigenvalue weighted by atomic mass is 10.1. The van der Waals surface area contributed by atoms with E-state index >= 15 is 0 Å². The van der Waals surface area contributed by atoms with Crippen molar-refractivity contribution in [1.82, 2.24) is 0 Å². The molecule has 0 heterocycles. The van der Waals surface area contributed by atoms with Crippen LogP contribution in [0.2, 0.25) is 0 Å². The number of aliphatic hydroxyl groups is 2. The highest BCUT2D eigenvalue weighted by atomic mass is 16.3. The van der Waals surface area contributed by atoms with Crippen LogP contribution in [0, 0.1) is 0 Å². The molecule has 2 nitrogen and oxygen atoms in total. The molecule has 0 aromatic heterocycles. The molecule has 0 unspecified atom stereocenters. The van der Waals surface area contributed by atoms with Crippen molar-refractivity contribution in [2.45, 2.75) is 18.6 Å². The van der Waals surface area contributed by atoms with Crippen LogP contribution in [0.4, 0.5) is 0 Å². The Bertz CT molecular complexity index is 87.1. The SMILES string of the molecule is C=C[C@H](O)C[C@@H](O)C=C. The average Bonchev–Trinajstić information content (AvgIpc) is 1.87. The lowest BCUT2D eigenvalue weighted by Crippen LogP contribution is -2.12. The van der Waals surface area contributed by atoms with E-state index in [9.17, 15) is 0 Å². The summed E-state index contributed by atoms with van der Waals surface area (Å²) in [7, 11) is 0. The van der Waals surface area contributed by atoms with Gasteiger partial charge in [-0.2, -0.15) is 0 Å². The summed E-state index contributed by atoms with van der Waals surface area (Å²) in [6, 6.07) is 0. The van der Waals surface area contributed by atoms with Crippen molar-refractivity contribution in [2.75, 3.05) is 0 Å². The Kier molecular flexibility index (Phi) is 4.01. The molecule has 0 amide bonds. The molecule has 0 saturated heterocycles. The molecule has 2 atom stereocenters. The molecule has 52 valence electrons. The molecular formula is C7H12O2. The maximum absolute atomic E-state index is 8.83. The van der Waals surface area contributed by atoms with E-state index in [2.05, 4.69) is 13.2 Å². The molecule has 0 aliphatic heterocycles. The number of hydrogen-bond acceptors (Lipinski definition) is 2. The molecular weight excluding hydrogens is 116 g/mol. The molecule has 0 spiro atoms. The first-order valence-electron chi connectivity index (χ1n) is 2.82. The fourth-order valence-corrected chi connectivity index (χ4v) is 0.440. The molecule has 0 rings (SSSR count). The third-order valence-corrected chi connectivity index (χ3v) is 1.03. The molecule has 9 heavy (non-hydrogen) atoms. The van der Waals surface area contributed by atoms with Crippen molar-refractivity contribution < 1.29 is 10.2 Å². The minimum Gasteiger partial charge on any atom is -0.389 e. The Balaban J connectivity index is 3.45. The summed E-state index contributed by atoms with van der Waals surface area (Å²) >= 11 is 0. The standard InChI is InChI=1S/C7H12O2/c1-3-6(8)5-7(9)4-2/h3-4,6-9H,1-2,5H2/t6-,7-/m0/s1. The minimum atomic E-state index is -0.627. The van der Waals surface area contributed by atoms with E-state index in [1.165, 1.54) is 12.2 Å². The summed E-state index contributed by atoms with van der Waals surface area (Å²) in [5.74, 6) is 0. The van der Waals surface area contributed by atoms with E-state index < -0.39 is 12.2 Å². The van der Waals surface area contributed by atoms with Gasteiger partial charge in [0.15, 0.2) is 0 Å². The molecule has 0 aliphatic rings. The van der Waals surface area contributed by atoms with Gasteiger partial charge < -0.3 is 10.2 Å². The molecule has 0 aromatic rings. The highest BCUT2D eigenvalue weighted by Crippen LogP contribution is 1.98. The van der Waals surface area contributed by atoms with Gasteiger partial charge >= 0.3 is 0 Å². The largest absolute Gasteiger partial charge is 0.389 e. The minimum absolute atomic E-state index is 0.285. The van der Waals surface area contributed by atoms with E-state index in [4.69, 9.17) is 10.2 Å². The van der Waals surface area contributed by atoms with Gasteiger partial charge in [-0.25, -0.2) is 0 Å². The summed E-state index contributed by atoms with van der Waals surface area (Å²) in [5.41, 5.74) is 0. The lowest BCUT2D eigenvalue weighted by Gasteiger charge is -2.06. The van der Waals surface area contributed by atoms with E-state index in [0.717, 1.165) is 0 Å². The summed E-state index contributed by atoms with van der Waals surface area (Å²) in [6.45, 7) is 6.71. The monoisotopic (exact) mass is 128 g/mol. The van der Waals surface area contributed by atoms with Crippen LogP contribution in [0.15, 0.2) is 25.3 Å². The number of hydrogen-bond donors (Lipinski definition) is 2. The Morgan fingerprint density at radius 1 is 1.11 bits per heavy atom. The van der Waals surface area contributed by atoms with Gasteiger partial charge in [-0.3, -0.25) is 0 Å². The van der Waals surface area contributed by atoms with Crippen LogP contribution in [-0.4, -0.2) is 22.4 Å². The third-order valence-electron chi connectivity index (χ3n) is 1.03. The Morgan fingerprint density at radius 3 is 1.67 bits per heavy atom. The fourth-order valence-electron chi connectivity index (χ4n) is 0.440. The average molecular weight is 128 g/mol. The predicted molar refractivity (Wildman–Crippen MR) is 37.0 cm³/mol. The third kappa shape index (κ3) is 3.94. The van der Waals surface area contributed by atoms with Crippen molar-refractivity contribution in [3.05, 3.63) is 25.3 Å². The van der Waals surface area contributed by atoms with Crippen LogP contribution in [0.25, 0.3) is 0 Å². The van der Waals surface area contributed by atoms with Gasteiger partial charge in [0.2, 0.25) is 0 Å². The van der Waals surface area contributed by atoms with Crippen molar-refractivity contribution in [3.8, 4) is 0 Å². The van der Waals surface area contributed by atoms with Crippen LogP contribution >= 0.6 is 0 Å². The summed E-state index contributed by atoms with van der Waals surface area (Å²) in [5, 5.41) is 17.7. The van der Waals surface area contributed by atoms with Gasteiger partial charge in [-0.15, -0.1) is 13.2 Å². The maximum atomic E-state index is 8.83. The predicted octanol–water partition coefficient (Wildman–Crippen LogP) is 0.470. The van der Waals surface area contributed by atoms with Gasteiger partial charge in [-0.1, -0.05) is 12.2 Å². The van der Waals surface area contributed by atoms with Gasteiger partial charge in [0.1, 0.15) is 0 Å². The second kappa shape index (κ2) is 4.30. The van der Waals surface area contributed by atoms with Crippen LogP contribution < -0.4 is 0 Å². The Labute approximate surface area is 55.1 Å². The van der Waals surface area contributed by atoms with E-state index in [-0.39, 0.29) is 6.42 Å². The molecule has 2 heteroatoms. The van der Waals surface area contributed by atoms with Gasteiger partial charge in [0, 0.05) is 6.42 Å². The quantitative estimate of drug-likeness (QED) is 0.540. The molecule has 0 aromatic carbocycles. The van der Waals surface area contributed by atoms with E-state index in [1.54, 1.807) is 0 Å². The van der Waals surface area contributed by atoms with Crippen molar-refractivity contribution >= 4 is 0 Å². The molecule has 0 saturated carbocycles. The topological polar surface area (TPSA) is 40.5 Å². The van der Waals surface area contributed by atoms with Crippen molar-refractivity contribution in [3.63, 3.8) is 0 Å². The van der Waals surface area contributed by atoms with Gasteiger partial charge in [0.05, 0.1) is 12.2 Å². The Hall–Kier alpha value is -0.600. The molecule has 0 fully saturated rings. The smallest absolute Gasteiger partial charge is 0.0746 e. The first-order valence-corrected chi connectivity index (χ1v) is 2.82. The molecule has 0 bridgehead atoms. The summed E-state index contributed by atoms with van der Waals surface area (Å²) < 4.78 is 0. The summed E-state index contributed by atoms with van der Waals surface area (Å²) in [4.78, 5) is 0. The van der Waals surface area contributed by atoms with E-state index in [0.29, 0.717) is 0 Å². The maximum Gasteiger partial charge on any atom is 0.0746 e. The zero-order valence-corrected chi connectivity index (χ0v) is 5.33. The fraction of sp³-hybridized carbons (Fsp3) is 0.429. The number of aliphatic hydroxyl groups excluding tert-OH is 2. The molecule has 0 aliphatic carbocycles. The molecule has 0 radical (unpaired) electrons. The van der Waals surface area contributed by atoms with Crippen LogP contribution in [0.5, 0.6) is 0 Å². The zero-order chi connectivity index (χ0) is 7.28. The highest BCUT2D eigenvalue weighted by molar-refractivity contribution is 4.86. The first kappa shape index (κ1) is 8.40. The lowest BCUT2D eigenvalue weighted by molar-refractivity contribution is 0.133. The van der Waals surface area contributed by atoms with Gasteiger partial charge in [-0.05, 0) is 0 Å². The van der Waals surface area contributed by atoms with Crippen LogP contribution in [-0.2, 0) is 0 Å². The second-order valence-corrected chi connectivity index (χ2v) is 1.84. The normalized spacial score (nSPS) is 16.2. The van der Waals surface area contributed by atoms with Crippen molar-refractivity contribution in [2.24, 2.45) is 0 Å². The zero-order valence-electron chi connectivity index (χ0n) is 5.33. The summed E-state index contributed by atoms with van der Waals surface area (Å²) in [6.07, 6.45) is 1.79. The number of rotatable bonds is 4. The van der Waals surface area contributed by atoms with Crippen molar-refractivity contribution in [1.29, 1.82) is 0 Å². The molecule has 2 N–H and O–H groups in total. The van der Waals surface area contributed by atoms with E-state index in [1.807, 2.05) is 0 Å². The van der Waals surface area contributed by atoms with Gasteiger partial charge in [0.25, 0.3) is 0 Å². The first-order chi connectivity index (χ1) is 4.20.